The van der Waals surface area contributed by atoms with E-state index in [1.165, 1.54) is 7.11 Å². The third-order valence-corrected chi connectivity index (χ3v) is 7.79. The van der Waals surface area contributed by atoms with Crippen LogP contribution in [0, 0.1) is 22.7 Å². The number of nitrogens with zero attached hydrogens (tertiary/aromatic N) is 10. The quantitative estimate of drug-likeness (QED) is 0.127. The van der Waals surface area contributed by atoms with Crippen LogP contribution >= 0.6 is 15.9 Å². The number of imidazole rings is 2. The average molecular weight is 758 g/mol. The summed E-state index contributed by atoms with van der Waals surface area (Å²) in [7, 11) is 4.70. The average Bonchev–Trinajstić information content (AvgIpc) is 3.66. The van der Waals surface area contributed by atoms with Gasteiger partial charge in [-0.25, -0.2) is 4.98 Å². The molecule has 4 aromatic heterocycles. The van der Waals surface area contributed by atoms with E-state index in [-0.39, 0.29) is 23.7 Å². The van der Waals surface area contributed by atoms with Gasteiger partial charge in [0.2, 0.25) is 0 Å². The first-order valence-electron chi connectivity index (χ1n) is 15.3. The van der Waals surface area contributed by atoms with Crippen LogP contribution in [-0.4, -0.2) is 86.8 Å². The second-order valence-corrected chi connectivity index (χ2v) is 11.3. The Bertz CT molecular complexity index is 2190. The van der Waals surface area contributed by atoms with Crippen molar-refractivity contribution in [2.75, 3.05) is 59.2 Å². The van der Waals surface area contributed by atoms with Gasteiger partial charge < -0.3 is 35.2 Å². The molecule has 0 aliphatic carbocycles. The molecule has 17 nitrogen and oxygen atoms in total. The van der Waals surface area contributed by atoms with Gasteiger partial charge in [0, 0.05) is 14.2 Å². The summed E-state index contributed by atoms with van der Waals surface area (Å²) in [5.74, 6) is 0.455. The molecule has 0 atom stereocenters. The SMILES string of the molecule is COCCOc1nc(N)c2nc(Br)n(Cc3ccc(C#N)cc3)c2n1.COCCOc1nc(N)c2nc(OC)n(Cc3ccc(C#N)cc3)c2n1. The molecule has 51 heavy (non-hydrogen) atoms. The van der Waals surface area contributed by atoms with Gasteiger partial charge in [0.05, 0.1) is 56.7 Å². The lowest BCUT2D eigenvalue weighted by Crippen LogP contribution is -2.09. The number of nitrogen functional groups attached to an aromatic ring is 2. The molecule has 0 saturated heterocycles. The molecule has 6 rings (SSSR count). The molecule has 2 aromatic carbocycles. The summed E-state index contributed by atoms with van der Waals surface area (Å²) in [4.78, 5) is 25.8. The van der Waals surface area contributed by atoms with Crippen molar-refractivity contribution < 1.29 is 23.7 Å². The molecule has 0 amide bonds. The Kier molecular flexibility index (Phi) is 12.1. The van der Waals surface area contributed by atoms with Crippen LogP contribution in [0.2, 0.25) is 0 Å². The zero-order valence-corrected chi connectivity index (χ0v) is 29.5. The van der Waals surface area contributed by atoms with Crippen LogP contribution in [0.1, 0.15) is 22.3 Å². The third kappa shape index (κ3) is 8.75. The van der Waals surface area contributed by atoms with E-state index in [9.17, 15) is 0 Å². The van der Waals surface area contributed by atoms with E-state index in [1.54, 1.807) is 43.1 Å². The summed E-state index contributed by atoms with van der Waals surface area (Å²) in [6.45, 7) is 2.43. The van der Waals surface area contributed by atoms with Gasteiger partial charge >= 0.3 is 12.0 Å². The Morgan fingerprint density at radius 2 is 1.08 bits per heavy atom. The van der Waals surface area contributed by atoms with Gasteiger partial charge in [-0.05, 0) is 51.3 Å². The third-order valence-electron chi connectivity index (χ3n) is 7.19. The van der Waals surface area contributed by atoms with E-state index in [4.69, 9.17) is 45.7 Å². The zero-order valence-electron chi connectivity index (χ0n) is 27.9. The number of benzene rings is 2. The smallest absolute Gasteiger partial charge is 0.320 e. The van der Waals surface area contributed by atoms with Crippen LogP contribution in [0.3, 0.4) is 0 Å². The normalized spacial score (nSPS) is 10.7. The molecule has 0 aliphatic rings. The van der Waals surface area contributed by atoms with Crippen molar-refractivity contribution in [3.8, 4) is 30.2 Å². The number of nitrogens with two attached hydrogens (primary N) is 2. The summed E-state index contributed by atoms with van der Waals surface area (Å²) in [6.07, 6.45) is 0. The summed E-state index contributed by atoms with van der Waals surface area (Å²) < 4.78 is 30.4. The Labute approximate surface area is 300 Å². The second-order valence-electron chi connectivity index (χ2n) is 10.6. The minimum atomic E-state index is 0.149. The highest BCUT2D eigenvalue weighted by atomic mass is 79.9. The first-order chi connectivity index (χ1) is 24.8. The monoisotopic (exact) mass is 756 g/mol. The van der Waals surface area contributed by atoms with Gasteiger partial charge in [0.1, 0.15) is 13.2 Å². The topological polar surface area (TPSA) is 233 Å². The van der Waals surface area contributed by atoms with Crippen LogP contribution in [0.4, 0.5) is 11.6 Å². The maximum atomic E-state index is 8.92. The molecule has 0 saturated carbocycles. The van der Waals surface area contributed by atoms with Crippen molar-refractivity contribution in [1.29, 1.82) is 10.5 Å². The lowest BCUT2D eigenvalue weighted by atomic mass is 10.1. The van der Waals surface area contributed by atoms with E-state index in [0.29, 0.717) is 83.7 Å². The van der Waals surface area contributed by atoms with Crippen molar-refractivity contribution in [3.63, 3.8) is 0 Å². The molecular formula is C33H33BrN12O5. The number of fused-ring (bicyclic) bond motifs is 2. The van der Waals surface area contributed by atoms with Crippen LogP contribution < -0.4 is 25.7 Å². The Morgan fingerprint density at radius 3 is 1.53 bits per heavy atom. The molecule has 4 heterocycles. The van der Waals surface area contributed by atoms with E-state index in [0.717, 1.165) is 11.1 Å². The first kappa shape index (κ1) is 36.2. The summed E-state index contributed by atoms with van der Waals surface area (Å²) in [6, 6.07) is 19.4. The highest BCUT2D eigenvalue weighted by molar-refractivity contribution is 9.10. The number of hydrogen-bond donors (Lipinski definition) is 2. The van der Waals surface area contributed by atoms with Crippen molar-refractivity contribution in [2.24, 2.45) is 0 Å². The van der Waals surface area contributed by atoms with E-state index >= 15 is 0 Å². The summed E-state index contributed by atoms with van der Waals surface area (Å²) in [5.41, 5.74) is 17.2. The van der Waals surface area contributed by atoms with Crippen molar-refractivity contribution in [3.05, 3.63) is 75.5 Å². The molecule has 6 aromatic rings. The Morgan fingerprint density at radius 1 is 0.627 bits per heavy atom. The number of anilines is 2. The minimum Gasteiger partial charge on any atom is -0.468 e. The molecule has 18 heteroatoms. The lowest BCUT2D eigenvalue weighted by Gasteiger charge is -2.09. The molecule has 0 bridgehead atoms. The van der Waals surface area contributed by atoms with Crippen LogP contribution in [0.5, 0.6) is 18.0 Å². The van der Waals surface area contributed by atoms with E-state index in [1.807, 2.05) is 28.8 Å². The van der Waals surface area contributed by atoms with Gasteiger partial charge in [-0.1, -0.05) is 24.3 Å². The van der Waals surface area contributed by atoms with Gasteiger partial charge in [-0.3, -0.25) is 9.13 Å². The number of aromatic nitrogens is 8. The molecule has 0 spiro atoms. The predicted molar refractivity (Wildman–Crippen MR) is 189 cm³/mol. The van der Waals surface area contributed by atoms with E-state index in [2.05, 4.69) is 58.0 Å². The van der Waals surface area contributed by atoms with Gasteiger partial charge in [0.25, 0.3) is 6.01 Å². The predicted octanol–water partition coefficient (Wildman–Crippen LogP) is 3.48. The van der Waals surface area contributed by atoms with Crippen molar-refractivity contribution in [1.82, 2.24) is 39.0 Å². The van der Waals surface area contributed by atoms with Gasteiger partial charge in [-0.2, -0.15) is 35.4 Å². The van der Waals surface area contributed by atoms with Crippen LogP contribution in [0.15, 0.2) is 53.3 Å². The second kappa shape index (κ2) is 17.0. The molecule has 0 unspecified atom stereocenters. The maximum absolute atomic E-state index is 8.92. The van der Waals surface area contributed by atoms with Gasteiger partial charge in [0.15, 0.2) is 38.7 Å². The fraction of sp³-hybridized carbons (Fsp3) is 0.273. The molecule has 0 aliphatic heterocycles. The Balaban J connectivity index is 0.000000198. The number of rotatable bonds is 13. The summed E-state index contributed by atoms with van der Waals surface area (Å²) in [5, 5.41) is 17.8. The van der Waals surface area contributed by atoms with Crippen molar-refractivity contribution in [2.45, 2.75) is 13.1 Å². The number of halogens is 1. The summed E-state index contributed by atoms with van der Waals surface area (Å²) >= 11 is 3.43. The fourth-order valence-corrected chi connectivity index (χ4v) is 5.16. The fourth-order valence-electron chi connectivity index (χ4n) is 4.69. The highest BCUT2D eigenvalue weighted by Gasteiger charge is 2.19. The molecular weight excluding hydrogens is 724 g/mol. The van der Waals surface area contributed by atoms with Crippen molar-refractivity contribution >= 4 is 49.9 Å². The Hall–Kier alpha value is -6.08. The van der Waals surface area contributed by atoms with Gasteiger partial charge in [-0.15, -0.1) is 0 Å². The number of nitriles is 2. The van der Waals surface area contributed by atoms with Crippen LogP contribution in [0.25, 0.3) is 22.3 Å². The first-order valence-corrected chi connectivity index (χ1v) is 16.1. The molecule has 4 N–H and O–H groups in total. The minimum absolute atomic E-state index is 0.149. The van der Waals surface area contributed by atoms with E-state index < -0.39 is 0 Å². The van der Waals surface area contributed by atoms with Crippen LogP contribution in [-0.2, 0) is 22.6 Å². The maximum Gasteiger partial charge on any atom is 0.320 e. The molecule has 0 radical (unpaired) electrons. The zero-order chi connectivity index (χ0) is 36.3. The highest BCUT2D eigenvalue weighted by Crippen LogP contribution is 2.27. The largest absolute Gasteiger partial charge is 0.468 e. The standard InChI is InChI=1S/C17H18N6O3.C16H15BrN6O2/c1-24-7-8-26-16-21-14(19)13-15(22-16)23(17(20-13)25-2)10-12-5-3-11(9-18)4-6-12;1-24-6-7-25-16-21-13(19)12-14(22-16)23(15(17)20-12)9-11-4-2-10(8-18)3-5-11/h3-6H,7-8,10H2,1-2H3,(H2,19,21,22);2-5H,6-7,9H2,1H3,(H2,19,21,22). The number of hydrogen-bond acceptors (Lipinski definition) is 15. The molecule has 0 fully saturated rings. The number of methoxy groups -OCH3 is 3. The lowest BCUT2D eigenvalue weighted by molar-refractivity contribution is 0.141. The number of ether oxygens (including phenoxy) is 5. The molecule has 262 valence electrons.